The number of benzene rings is 1. The molecule has 21 heavy (non-hydrogen) atoms. The van der Waals surface area contributed by atoms with Gasteiger partial charge in [-0.15, -0.1) is 0 Å². The number of anilines is 1. The van der Waals surface area contributed by atoms with E-state index in [1.54, 1.807) is 0 Å². The van der Waals surface area contributed by atoms with Crippen LogP contribution in [0.2, 0.25) is 0 Å². The lowest BCUT2D eigenvalue weighted by atomic mass is 9.84. The summed E-state index contributed by atoms with van der Waals surface area (Å²) in [5, 5.41) is 5.44. The molecule has 1 unspecified atom stereocenters. The lowest BCUT2D eigenvalue weighted by Gasteiger charge is -2.28. The van der Waals surface area contributed by atoms with Gasteiger partial charge < -0.3 is 10.6 Å². The fourth-order valence-electron chi connectivity index (χ4n) is 2.86. The smallest absolute Gasteiger partial charge is 0.238 e. The van der Waals surface area contributed by atoms with Gasteiger partial charge in [0.05, 0.1) is 6.54 Å². The summed E-state index contributed by atoms with van der Waals surface area (Å²) in [5.74, 6) is -1.37. The zero-order valence-electron chi connectivity index (χ0n) is 12.3. The van der Waals surface area contributed by atoms with Gasteiger partial charge in [0.15, 0.2) is 0 Å². The molecule has 0 bridgehead atoms. The van der Waals surface area contributed by atoms with Crippen molar-refractivity contribution in [3.8, 4) is 0 Å². The molecule has 0 spiro atoms. The Morgan fingerprint density at radius 1 is 1.24 bits per heavy atom. The van der Waals surface area contributed by atoms with E-state index < -0.39 is 17.5 Å². The van der Waals surface area contributed by atoms with Crippen molar-refractivity contribution in [2.45, 2.75) is 45.1 Å². The minimum absolute atomic E-state index is 0.0610. The molecule has 1 aliphatic carbocycles. The van der Waals surface area contributed by atoms with Gasteiger partial charge >= 0.3 is 0 Å². The molecule has 2 N–H and O–H groups in total. The number of nitrogens with one attached hydrogen (secondary N) is 2. The Hall–Kier alpha value is -1.49. The number of carbonyl (C=O) groups excluding carboxylic acids is 1. The zero-order chi connectivity index (χ0) is 15.2. The maximum atomic E-state index is 13.4. The fraction of sp³-hybridized carbons (Fsp3) is 0.562. The second kappa shape index (κ2) is 7.50. The van der Waals surface area contributed by atoms with E-state index in [-0.39, 0.29) is 18.3 Å². The number of amides is 1. The third kappa shape index (κ3) is 4.49. The lowest BCUT2D eigenvalue weighted by Crippen LogP contribution is -2.39. The predicted molar refractivity (Wildman–Crippen MR) is 79.0 cm³/mol. The summed E-state index contributed by atoms with van der Waals surface area (Å²) in [7, 11) is 0. The van der Waals surface area contributed by atoms with Crippen LogP contribution in [0, 0.1) is 17.6 Å². The van der Waals surface area contributed by atoms with Crippen molar-refractivity contribution in [2.75, 3.05) is 11.9 Å². The Labute approximate surface area is 124 Å². The highest BCUT2D eigenvalue weighted by Gasteiger charge is 2.20. The van der Waals surface area contributed by atoms with E-state index in [2.05, 4.69) is 17.6 Å². The SMILES string of the molecule is CC(NCC(=O)Nc1c(F)cccc1F)C1CCCCC1. The van der Waals surface area contributed by atoms with Crippen LogP contribution in [0.5, 0.6) is 0 Å². The van der Waals surface area contributed by atoms with Crippen LogP contribution in [0.3, 0.4) is 0 Å². The number of hydrogen-bond acceptors (Lipinski definition) is 2. The topological polar surface area (TPSA) is 41.1 Å². The maximum Gasteiger partial charge on any atom is 0.238 e. The molecule has 5 heteroatoms. The van der Waals surface area contributed by atoms with Gasteiger partial charge in [0.2, 0.25) is 5.91 Å². The van der Waals surface area contributed by atoms with Crippen molar-refractivity contribution in [1.82, 2.24) is 5.32 Å². The summed E-state index contributed by atoms with van der Waals surface area (Å²) in [6.45, 7) is 2.12. The van der Waals surface area contributed by atoms with E-state index in [0.717, 1.165) is 12.1 Å². The first-order chi connectivity index (χ1) is 10.1. The van der Waals surface area contributed by atoms with Crippen LogP contribution in [-0.4, -0.2) is 18.5 Å². The van der Waals surface area contributed by atoms with Crippen LogP contribution in [-0.2, 0) is 4.79 Å². The van der Waals surface area contributed by atoms with E-state index >= 15 is 0 Å². The van der Waals surface area contributed by atoms with Crippen molar-refractivity contribution < 1.29 is 13.6 Å². The number of hydrogen-bond donors (Lipinski definition) is 2. The highest BCUT2D eigenvalue weighted by atomic mass is 19.1. The molecular formula is C16H22F2N2O. The largest absolute Gasteiger partial charge is 0.320 e. The van der Waals surface area contributed by atoms with Gasteiger partial charge in [0, 0.05) is 6.04 Å². The first-order valence-electron chi connectivity index (χ1n) is 7.55. The molecule has 0 radical (unpaired) electrons. The van der Waals surface area contributed by atoms with Gasteiger partial charge in [-0.3, -0.25) is 4.79 Å². The molecule has 0 heterocycles. The lowest BCUT2D eigenvalue weighted by molar-refractivity contribution is -0.115. The molecule has 1 aromatic carbocycles. The van der Waals surface area contributed by atoms with E-state index in [9.17, 15) is 13.6 Å². The summed E-state index contributed by atoms with van der Waals surface area (Å²) in [6, 6.07) is 3.75. The first kappa shape index (κ1) is 15.9. The molecule has 116 valence electrons. The van der Waals surface area contributed by atoms with Crippen molar-refractivity contribution in [2.24, 2.45) is 5.92 Å². The molecule has 2 rings (SSSR count). The molecule has 1 aromatic rings. The molecule has 1 atom stereocenters. The fourth-order valence-corrected chi connectivity index (χ4v) is 2.86. The summed E-state index contributed by atoms with van der Waals surface area (Å²) in [4.78, 5) is 11.8. The van der Waals surface area contributed by atoms with Crippen molar-refractivity contribution in [3.05, 3.63) is 29.8 Å². The highest BCUT2D eigenvalue weighted by molar-refractivity contribution is 5.92. The molecule has 1 aliphatic rings. The number of carbonyl (C=O) groups is 1. The summed E-state index contributed by atoms with van der Waals surface area (Å²) in [6.07, 6.45) is 6.12. The van der Waals surface area contributed by atoms with Gasteiger partial charge in [-0.05, 0) is 37.8 Å². The molecule has 1 amide bonds. The minimum atomic E-state index is -0.760. The number of rotatable bonds is 5. The van der Waals surface area contributed by atoms with Crippen molar-refractivity contribution in [3.63, 3.8) is 0 Å². The van der Waals surface area contributed by atoms with Gasteiger partial charge in [0.1, 0.15) is 17.3 Å². The third-order valence-electron chi connectivity index (χ3n) is 4.17. The predicted octanol–water partition coefficient (Wildman–Crippen LogP) is 3.46. The molecule has 1 fully saturated rings. The Morgan fingerprint density at radius 2 is 1.86 bits per heavy atom. The normalized spacial score (nSPS) is 17.5. The highest BCUT2D eigenvalue weighted by Crippen LogP contribution is 2.26. The standard InChI is InChI=1S/C16H22F2N2O/c1-11(12-6-3-2-4-7-12)19-10-15(21)20-16-13(17)8-5-9-14(16)18/h5,8-9,11-12,19H,2-4,6-7,10H2,1H3,(H,20,21). The van der Waals surface area contributed by atoms with Crippen LogP contribution >= 0.6 is 0 Å². The summed E-state index contributed by atoms with van der Waals surface area (Å²) < 4.78 is 26.9. The Balaban J connectivity index is 1.82. The average molecular weight is 296 g/mol. The average Bonchev–Trinajstić information content (AvgIpc) is 2.49. The monoisotopic (exact) mass is 296 g/mol. The van der Waals surface area contributed by atoms with E-state index in [1.807, 2.05) is 0 Å². The Morgan fingerprint density at radius 3 is 2.48 bits per heavy atom. The van der Waals surface area contributed by atoms with Crippen molar-refractivity contribution >= 4 is 11.6 Å². The van der Waals surface area contributed by atoms with Crippen LogP contribution in [0.1, 0.15) is 39.0 Å². The van der Waals surface area contributed by atoms with Gasteiger partial charge in [-0.1, -0.05) is 25.3 Å². The molecule has 0 saturated heterocycles. The third-order valence-corrected chi connectivity index (χ3v) is 4.17. The molecule has 0 aliphatic heterocycles. The molecular weight excluding hydrogens is 274 g/mol. The van der Waals surface area contributed by atoms with Crippen LogP contribution in [0.25, 0.3) is 0 Å². The molecule has 0 aromatic heterocycles. The van der Waals surface area contributed by atoms with Gasteiger partial charge in [0.25, 0.3) is 0 Å². The quantitative estimate of drug-likeness (QED) is 0.873. The first-order valence-corrected chi connectivity index (χ1v) is 7.55. The zero-order valence-corrected chi connectivity index (χ0v) is 12.3. The second-order valence-corrected chi connectivity index (χ2v) is 5.71. The van der Waals surface area contributed by atoms with Crippen molar-refractivity contribution in [1.29, 1.82) is 0 Å². The minimum Gasteiger partial charge on any atom is -0.320 e. The Bertz CT molecular complexity index is 467. The van der Waals surface area contributed by atoms with E-state index in [1.165, 1.54) is 38.2 Å². The van der Waals surface area contributed by atoms with Gasteiger partial charge in [-0.25, -0.2) is 8.78 Å². The summed E-state index contributed by atoms with van der Waals surface area (Å²) in [5.41, 5.74) is -0.380. The number of halogens is 2. The van der Waals surface area contributed by atoms with Crippen LogP contribution < -0.4 is 10.6 Å². The Kier molecular flexibility index (Phi) is 5.67. The van der Waals surface area contributed by atoms with E-state index in [0.29, 0.717) is 5.92 Å². The molecule has 1 saturated carbocycles. The van der Waals surface area contributed by atoms with Crippen LogP contribution in [0.4, 0.5) is 14.5 Å². The van der Waals surface area contributed by atoms with Gasteiger partial charge in [-0.2, -0.15) is 0 Å². The molecule has 3 nitrogen and oxygen atoms in total. The summed E-state index contributed by atoms with van der Waals surface area (Å²) >= 11 is 0. The van der Waals surface area contributed by atoms with Crippen LogP contribution in [0.15, 0.2) is 18.2 Å². The second-order valence-electron chi connectivity index (χ2n) is 5.71. The number of para-hydroxylation sites is 1. The van der Waals surface area contributed by atoms with E-state index in [4.69, 9.17) is 0 Å². The maximum absolute atomic E-state index is 13.4.